The fourth-order valence-corrected chi connectivity index (χ4v) is 5.77. The highest BCUT2D eigenvalue weighted by Crippen LogP contribution is 2.65. The normalized spacial score (nSPS) is 20.7. The summed E-state index contributed by atoms with van der Waals surface area (Å²) in [5.74, 6) is 1.57. The molecule has 6 rings (SSSR count). The number of aromatic nitrogens is 7. The molecule has 4 heterocycles. The van der Waals surface area contributed by atoms with E-state index in [-0.39, 0.29) is 28.2 Å². The SMILES string of the molecule is CC1C(c2nnc(-c3cc[nH]c(=O)c3)o2)C1(C)c1nnc(-c2ccc(S(C)(=O)=O)cn2)n1-c1ccccc1Cl. The van der Waals surface area contributed by atoms with Crippen LogP contribution < -0.4 is 5.56 Å². The third-order valence-corrected chi connectivity index (χ3v) is 8.76. The van der Waals surface area contributed by atoms with Gasteiger partial charge in [0, 0.05) is 35.7 Å². The van der Waals surface area contributed by atoms with E-state index in [0.717, 1.165) is 6.26 Å². The number of hydrogen-bond donors (Lipinski definition) is 1. The molecule has 11 nitrogen and oxygen atoms in total. The highest BCUT2D eigenvalue weighted by molar-refractivity contribution is 7.90. The van der Waals surface area contributed by atoms with Gasteiger partial charge in [-0.05, 0) is 36.2 Å². The van der Waals surface area contributed by atoms with E-state index in [4.69, 9.17) is 16.0 Å². The molecule has 4 aromatic heterocycles. The number of hydrogen-bond acceptors (Lipinski definition) is 9. The highest BCUT2D eigenvalue weighted by atomic mass is 35.5. The number of sulfone groups is 1. The number of para-hydroxylation sites is 1. The van der Waals surface area contributed by atoms with Crippen molar-refractivity contribution in [3.05, 3.63) is 88.0 Å². The smallest absolute Gasteiger partial charge is 0.248 e. The van der Waals surface area contributed by atoms with Crippen LogP contribution in [-0.2, 0) is 15.3 Å². The van der Waals surface area contributed by atoms with Gasteiger partial charge in [0.1, 0.15) is 11.5 Å². The van der Waals surface area contributed by atoms with Crippen LogP contribution in [-0.4, -0.2) is 49.6 Å². The van der Waals surface area contributed by atoms with Gasteiger partial charge in [0.15, 0.2) is 15.7 Å². The molecular formula is C26H22ClN7O4S. The van der Waals surface area contributed by atoms with Crippen LogP contribution in [0.15, 0.2) is 75.0 Å². The molecule has 0 saturated heterocycles. The summed E-state index contributed by atoms with van der Waals surface area (Å²) in [6.07, 6.45) is 3.95. The number of halogens is 1. The van der Waals surface area contributed by atoms with Gasteiger partial charge in [-0.2, -0.15) is 0 Å². The molecule has 0 radical (unpaired) electrons. The summed E-state index contributed by atoms with van der Waals surface area (Å²) < 4.78 is 31.7. The number of rotatable bonds is 6. The zero-order chi connectivity index (χ0) is 27.5. The molecule has 39 heavy (non-hydrogen) atoms. The zero-order valence-electron chi connectivity index (χ0n) is 21.0. The summed E-state index contributed by atoms with van der Waals surface area (Å²) in [6.45, 7) is 4.10. The molecule has 3 unspecified atom stereocenters. The maximum atomic E-state index is 11.9. The van der Waals surface area contributed by atoms with Gasteiger partial charge in [-0.1, -0.05) is 37.6 Å². The molecule has 5 aromatic rings. The number of H-pyrrole nitrogens is 1. The first kappa shape index (κ1) is 25.1. The van der Waals surface area contributed by atoms with Crippen molar-refractivity contribution in [3.8, 4) is 28.7 Å². The average Bonchev–Trinajstić information content (AvgIpc) is 3.31. The second-order valence-electron chi connectivity index (χ2n) is 9.72. The third kappa shape index (κ3) is 4.16. The molecule has 1 N–H and O–H groups in total. The van der Waals surface area contributed by atoms with Crippen LogP contribution in [0.3, 0.4) is 0 Å². The summed E-state index contributed by atoms with van der Waals surface area (Å²) in [4.78, 5) is 18.8. The Labute approximate surface area is 227 Å². The highest BCUT2D eigenvalue weighted by Gasteiger charge is 2.66. The molecule has 1 aliphatic rings. The lowest BCUT2D eigenvalue weighted by atomic mass is 10.0. The lowest BCUT2D eigenvalue weighted by Gasteiger charge is -2.16. The Hall–Kier alpha value is -4.16. The van der Waals surface area contributed by atoms with E-state index >= 15 is 0 Å². The van der Waals surface area contributed by atoms with E-state index in [0.29, 0.717) is 39.5 Å². The van der Waals surface area contributed by atoms with Crippen LogP contribution in [0.4, 0.5) is 0 Å². The van der Waals surface area contributed by atoms with Crippen LogP contribution in [0.5, 0.6) is 0 Å². The minimum atomic E-state index is -3.41. The van der Waals surface area contributed by atoms with E-state index in [1.165, 1.54) is 24.5 Å². The molecule has 1 fully saturated rings. The van der Waals surface area contributed by atoms with Crippen molar-refractivity contribution in [3.63, 3.8) is 0 Å². The van der Waals surface area contributed by atoms with Crippen LogP contribution in [0.25, 0.3) is 28.7 Å². The predicted octanol–water partition coefficient (Wildman–Crippen LogP) is 3.82. The maximum Gasteiger partial charge on any atom is 0.248 e. The van der Waals surface area contributed by atoms with E-state index in [1.54, 1.807) is 18.2 Å². The third-order valence-electron chi connectivity index (χ3n) is 7.34. The number of aromatic amines is 1. The Morgan fingerprint density at radius 3 is 2.56 bits per heavy atom. The van der Waals surface area contributed by atoms with Crippen molar-refractivity contribution < 1.29 is 12.8 Å². The fourth-order valence-electron chi connectivity index (χ4n) is 4.99. The maximum absolute atomic E-state index is 11.9. The number of benzene rings is 1. The van der Waals surface area contributed by atoms with Gasteiger partial charge >= 0.3 is 0 Å². The first-order chi connectivity index (χ1) is 18.6. The van der Waals surface area contributed by atoms with Crippen LogP contribution >= 0.6 is 11.6 Å². The monoisotopic (exact) mass is 563 g/mol. The van der Waals surface area contributed by atoms with Crippen molar-refractivity contribution in [1.82, 2.24) is 34.9 Å². The summed E-state index contributed by atoms with van der Waals surface area (Å²) in [7, 11) is -3.41. The summed E-state index contributed by atoms with van der Waals surface area (Å²) in [6, 6.07) is 13.5. The number of pyridine rings is 2. The van der Waals surface area contributed by atoms with Gasteiger partial charge in [-0.15, -0.1) is 20.4 Å². The standard InChI is InChI=1S/C26H22ClN7O4S/c1-14-21(24-32-31-23(38-24)15-10-11-28-20(35)12-15)26(14,2)25-33-30-22(34(25)19-7-5-4-6-17(19)27)18-9-8-16(13-29-18)39(3,36)37/h4-14,21H,1-3H3,(H,28,35). The van der Waals surface area contributed by atoms with Crippen molar-refractivity contribution >= 4 is 21.4 Å². The van der Waals surface area contributed by atoms with E-state index in [2.05, 4.69) is 37.3 Å². The van der Waals surface area contributed by atoms with Crippen molar-refractivity contribution in [1.29, 1.82) is 0 Å². The second-order valence-corrected chi connectivity index (χ2v) is 12.1. The van der Waals surface area contributed by atoms with Crippen LogP contribution in [0.1, 0.15) is 31.5 Å². The summed E-state index contributed by atoms with van der Waals surface area (Å²) in [5, 5.41) is 18.0. The van der Waals surface area contributed by atoms with Gasteiger partial charge in [0.05, 0.1) is 21.5 Å². The van der Waals surface area contributed by atoms with Crippen LogP contribution in [0, 0.1) is 5.92 Å². The predicted molar refractivity (Wildman–Crippen MR) is 142 cm³/mol. The zero-order valence-corrected chi connectivity index (χ0v) is 22.6. The van der Waals surface area contributed by atoms with E-state index in [9.17, 15) is 13.2 Å². The Bertz CT molecular complexity index is 1880. The largest absolute Gasteiger partial charge is 0.420 e. The van der Waals surface area contributed by atoms with Gasteiger partial charge in [0.2, 0.25) is 17.3 Å². The first-order valence-electron chi connectivity index (χ1n) is 12.0. The first-order valence-corrected chi connectivity index (χ1v) is 14.3. The minimum absolute atomic E-state index is 0.0452. The van der Waals surface area contributed by atoms with Crippen LogP contribution in [0.2, 0.25) is 5.02 Å². The Balaban J connectivity index is 1.45. The van der Waals surface area contributed by atoms with Gasteiger partial charge < -0.3 is 9.40 Å². The summed E-state index contributed by atoms with van der Waals surface area (Å²) >= 11 is 6.63. The van der Waals surface area contributed by atoms with Gasteiger partial charge in [-0.3, -0.25) is 14.3 Å². The fraction of sp³-hybridized carbons (Fsp3) is 0.231. The minimum Gasteiger partial charge on any atom is -0.420 e. The molecule has 1 saturated carbocycles. The second kappa shape index (κ2) is 8.95. The molecule has 1 aliphatic carbocycles. The molecule has 0 spiro atoms. The molecule has 0 amide bonds. The summed E-state index contributed by atoms with van der Waals surface area (Å²) in [5.41, 5.74) is 0.781. The van der Waals surface area contributed by atoms with Gasteiger partial charge in [-0.25, -0.2) is 8.42 Å². The van der Waals surface area contributed by atoms with E-state index in [1.807, 2.05) is 29.7 Å². The molecule has 198 valence electrons. The Kier molecular flexibility index (Phi) is 5.77. The average molecular weight is 564 g/mol. The molecule has 3 atom stereocenters. The molecular weight excluding hydrogens is 542 g/mol. The lowest BCUT2D eigenvalue weighted by molar-refractivity contribution is 0.487. The molecule has 13 heteroatoms. The Morgan fingerprint density at radius 1 is 1.08 bits per heavy atom. The molecule has 1 aromatic carbocycles. The molecule has 0 bridgehead atoms. The van der Waals surface area contributed by atoms with Crippen molar-refractivity contribution in [2.45, 2.75) is 30.1 Å². The number of nitrogens with zero attached hydrogens (tertiary/aromatic N) is 6. The Morgan fingerprint density at radius 2 is 1.87 bits per heavy atom. The van der Waals surface area contributed by atoms with E-state index < -0.39 is 15.3 Å². The topological polar surface area (TPSA) is 150 Å². The lowest BCUT2D eigenvalue weighted by Crippen LogP contribution is -2.15. The quantitative estimate of drug-likeness (QED) is 0.325. The van der Waals surface area contributed by atoms with Gasteiger partial charge in [0.25, 0.3) is 0 Å². The molecule has 0 aliphatic heterocycles. The van der Waals surface area contributed by atoms with Crippen molar-refractivity contribution in [2.75, 3.05) is 6.26 Å². The number of nitrogens with one attached hydrogen (secondary N) is 1. The van der Waals surface area contributed by atoms with Crippen molar-refractivity contribution in [2.24, 2.45) is 5.92 Å².